The molecule has 0 aromatic heterocycles. The van der Waals surface area contributed by atoms with E-state index in [1.807, 2.05) is 25.1 Å². The lowest BCUT2D eigenvalue weighted by molar-refractivity contribution is -0.139. The zero-order valence-electron chi connectivity index (χ0n) is 16.3. The number of carbonyl (C=O) groups excluding carboxylic acids is 2. The van der Waals surface area contributed by atoms with Crippen molar-refractivity contribution in [1.82, 2.24) is 4.90 Å². The predicted molar refractivity (Wildman–Crippen MR) is 102 cm³/mol. The Balaban J connectivity index is 1.60. The molecule has 0 aliphatic carbocycles. The molecule has 0 atom stereocenters. The minimum atomic E-state index is -0.673. The van der Waals surface area contributed by atoms with Gasteiger partial charge in [0.2, 0.25) is 11.7 Å². The summed E-state index contributed by atoms with van der Waals surface area (Å²) in [4.78, 5) is 26.2. The number of carbonyl (C=O) groups is 2. The highest BCUT2D eigenvalue weighted by Crippen LogP contribution is 2.26. The highest BCUT2D eigenvalue weighted by atomic mass is 16.5. The fraction of sp³-hybridized carbons (Fsp3) is 0.500. The summed E-state index contributed by atoms with van der Waals surface area (Å²) in [5.41, 5.74) is 1.56. The van der Waals surface area contributed by atoms with Gasteiger partial charge in [-0.05, 0) is 37.6 Å². The third-order valence-electron chi connectivity index (χ3n) is 4.56. The number of ether oxygens (including phenoxy) is 4. The van der Waals surface area contributed by atoms with Crippen molar-refractivity contribution < 1.29 is 28.5 Å². The largest absolute Gasteiger partial charge is 0.492 e. The van der Waals surface area contributed by atoms with Gasteiger partial charge in [0, 0.05) is 25.3 Å². The summed E-state index contributed by atoms with van der Waals surface area (Å²) in [6.07, 6.45) is 0. The Morgan fingerprint density at radius 3 is 2.79 bits per heavy atom. The van der Waals surface area contributed by atoms with Gasteiger partial charge in [0.15, 0.2) is 12.2 Å². The second-order valence-electron chi connectivity index (χ2n) is 6.54. The number of nitrogens with zero attached hydrogens (tertiary/aromatic N) is 1. The van der Waals surface area contributed by atoms with Crippen molar-refractivity contribution in [3.8, 4) is 5.75 Å². The van der Waals surface area contributed by atoms with Gasteiger partial charge >= 0.3 is 5.97 Å². The van der Waals surface area contributed by atoms with Crippen LogP contribution in [0, 0.1) is 6.92 Å². The first kappa shape index (κ1) is 20.2. The number of morpholine rings is 1. The number of esters is 1. The highest BCUT2D eigenvalue weighted by Gasteiger charge is 2.32. The van der Waals surface area contributed by atoms with Crippen LogP contribution in [0.15, 0.2) is 29.7 Å². The van der Waals surface area contributed by atoms with Gasteiger partial charge in [-0.2, -0.15) is 0 Å². The Bertz CT molecular complexity index is 755. The molecule has 1 saturated heterocycles. The molecule has 1 aromatic rings. The molecule has 0 amide bonds. The maximum absolute atomic E-state index is 12.0. The lowest BCUT2D eigenvalue weighted by Crippen LogP contribution is -2.38. The normalized spacial score (nSPS) is 17.4. The van der Waals surface area contributed by atoms with Crippen LogP contribution in [-0.4, -0.2) is 69.3 Å². The van der Waals surface area contributed by atoms with Gasteiger partial charge in [-0.1, -0.05) is 0 Å². The van der Waals surface area contributed by atoms with E-state index in [0.717, 1.165) is 49.8 Å². The van der Waals surface area contributed by atoms with Gasteiger partial charge in [-0.3, -0.25) is 9.69 Å². The number of rotatable bonds is 8. The van der Waals surface area contributed by atoms with Crippen molar-refractivity contribution in [1.29, 1.82) is 0 Å². The molecule has 0 unspecified atom stereocenters. The van der Waals surface area contributed by atoms with E-state index in [9.17, 15) is 9.59 Å². The fourth-order valence-corrected chi connectivity index (χ4v) is 3.02. The summed E-state index contributed by atoms with van der Waals surface area (Å²) < 4.78 is 21.5. The van der Waals surface area contributed by atoms with Crippen LogP contribution in [0.1, 0.15) is 12.5 Å². The number of ketones is 1. The van der Waals surface area contributed by atoms with E-state index in [0.29, 0.717) is 6.61 Å². The van der Waals surface area contributed by atoms with Crippen LogP contribution in [0.5, 0.6) is 5.75 Å². The third kappa shape index (κ3) is 5.02. The fourth-order valence-electron chi connectivity index (χ4n) is 3.02. The molecule has 2 aliphatic rings. The van der Waals surface area contributed by atoms with E-state index in [1.165, 1.54) is 0 Å². The zero-order chi connectivity index (χ0) is 19.9. The second kappa shape index (κ2) is 9.57. The highest BCUT2D eigenvalue weighted by molar-refractivity contribution is 6.19. The van der Waals surface area contributed by atoms with Crippen molar-refractivity contribution in [3.05, 3.63) is 35.2 Å². The standard InChI is InChI=1S/C20H26N2O6/c1-3-26-20(24)18-17(23)13-28-19(18)21-16-5-4-15(12-14(16)2)27-11-8-22-6-9-25-10-7-22/h4-5,12,21H,3,6-11,13H2,1-2H3. The number of anilines is 1. The molecule has 0 bridgehead atoms. The Labute approximate surface area is 164 Å². The van der Waals surface area contributed by atoms with Gasteiger partial charge in [-0.25, -0.2) is 4.79 Å². The van der Waals surface area contributed by atoms with Crippen molar-refractivity contribution in [2.45, 2.75) is 13.8 Å². The maximum atomic E-state index is 12.0. The molecule has 0 radical (unpaired) electrons. The average Bonchev–Trinajstić information content (AvgIpc) is 3.05. The minimum Gasteiger partial charge on any atom is -0.492 e. The van der Waals surface area contributed by atoms with Crippen molar-refractivity contribution in [2.75, 3.05) is 58.0 Å². The molecule has 152 valence electrons. The first-order chi connectivity index (χ1) is 13.6. The number of benzene rings is 1. The number of hydrogen-bond donors (Lipinski definition) is 1. The lowest BCUT2D eigenvalue weighted by atomic mass is 10.1. The summed E-state index contributed by atoms with van der Waals surface area (Å²) in [5.74, 6) is -0.165. The SMILES string of the molecule is CCOC(=O)C1=C(Nc2ccc(OCCN3CCOCC3)cc2C)OCC1=O. The summed E-state index contributed by atoms with van der Waals surface area (Å²) in [7, 11) is 0. The Morgan fingerprint density at radius 1 is 1.29 bits per heavy atom. The topological polar surface area (TPSA) is 86.3 Å². The molecule has 8 nitrogen and oxygen atoms in total. The molecule has 0 saturated carbocycles. The molecule has 28 heavy (non-hydrogen) atoms. The number of Topliss-reactive ketones (excluding diaryl/α,β-unsaturated/α-hetero) is 1. The Hall–Kier alpha value is -2.58. The van der Waals surface area contributed by atoms with E-state index >= 15 is 0 Å². The first-order valence-electron chi connectivity index (χ1n) is 9.46. The van der Waals surface area contributed by atoms with Crippen LogP contribution in [0.2, 0.25) is 0 Å². The molecule has 8 heteroatoms. The van der Waals surface area contributed by atoms with E-state index in [-0.39, 0.29) is 30.5 Å². The Kier molecular flexibility index (Phi) is 6.89. The molecule has 1 N–H and O–H groups in total. The van der Waals surface area contributed by atoms with Gasteiger partial charge in [0.1, 0.15) is 12.4 Å². The molecule has 2 heterocycles. The van der Waals surface area contributed by atoms with Crippen LogP contribution >= 0.6 is 0 Å². The van der Waals surface area contributed by atoms with Crippen molar-refractivity contribution >= 4 is 17.4 Å². The Morgan fingerprint density at radius 2 is 2.07 bits per heavy atom. The zero-order valence-corrected chi connectivity index (χ0v) is 16.3. The smallest absolute Gasteiger partial charge is 0.347 e. The van der Waals surface area contributed by atoms with E-state index in [2.05, 4.69) is 10.2 Å². The van der Waals surface area contributed by atoms with Crippen LogP contribution in [-0.2, 0) is 23.8 Å². The van der Waals surface area contributed by atoms with Crippen molar-refractivity contribution in [2.24, 2.45) is 0 Å². The van der Waals surface area contributed by atoms with Gasteiger partial charge in [0.05, 0.1) is 19.8 Å². The number of nitrogens with one attached hydrogen (secondary N) is 1. The average molecular weight is 390 g/mol. The molecular formula is C20H26N2O6. The molecule has 1 aromatic carbocycles. The monoisotopic (exact) mass is 390 g/mol. The quantitative estimate of drug-likeness (QED) is 0.528. The van der Waals surface area contributed by atoms with E-state index in [4.69, 9.17) is 18.9 Å². The molecule has 1 fully saturated rings. The van der Waals surface area contributed by atoms with E-state index in [1.54, 1.807) is 6.92 Å². The first-order valence-corrected chi connectivity index (χ1v) is 9.46. The number of aryl methyl sites for hydroxylation is 1. The van der Waals surface area contributed by atoms with Gasteiger partial charge in [-0.15, -0.1) is 0 Å². The van der Waals surface area contributed by atoms with Crippen LogP contribution in [0.4, 0.5) is 5.69 Å². The lowest BCUT2D eigenvalue weighted by Gasteiger charge is -2.26. The predicted octanol–water partition coefficient (Wildman–Crippen LogP) is 1.49. The summed E-state index contributed by atoms with van der Waals surface area (Å²) in [5, 5.41) is 3.02. The maximum Gasteiger partial charge on any atom is 0.347 e. The van der Waals surface area contributed by atoms with Crippen molar-refractivity contribution in [3.63, 3.8) is 0 Å². The molecule has 2 aliphatic heterocycles. The second-order valence-corrected chi connectivity index (χ2v) is 6.54. The summed E-state index contributed by atoms with van der Waals surface area (Å²) >= 11 is 0. The number of hydrogen-bond acceptors (Lipinski definition) is 8. The summed E-state index contributed by atoms with van der Waals surface area (Å²) in [6.45, 7) is 8.49. The summed E-state index contributed by atoms with van der Waals surface area (Å²) in [6, 6.07) is 5.58. The van der Waals surface area contributed by atoms with Gasteiger partial charge in [0.25, 0.3) is 0 Å². The molecule has 3 rings (SSSR count). The van der Waals surface area contributed by atoms with Crippen LogP contribution < -0.4 is 10.1 Å². The minimum absolute atomic E-state index is 0.0768. The van der Waals surface area contributed by atoms with E-state index < -0.39 is 5.97 Å². The molecule has 0 spiro atoms. The molecular weight excluding hydrogens is 364 g/mol. The van der Waals surface area contributed by atoms with Gasteiger partial charge < -0.3 is 24.3 Å². The van der Waals surface area contributed by atoms with Crippen LogP contribution in [0.3, 0.4) is 0 Å². The van der Waals surface area contributed by atoms with Crippen LogP contribution in [0.25, 0.3) is 0 Å². The third-order valence-corrected chi connectivity index (χ3v) is 4.56.